The second kappa shape index (κ2) is 7.76. The van der Waals surface area contributed by atoms with E-state index in [-0.39, 0.29) is 6.42 Å². The van der Waals surface area contributed by atoms with E-state index in [9.17, 15) is 9.59 Å². The summed E-state index contributed by atoms with van der Waals surface area (Å²) in [6.07, 6.45) is 0.388. The number of nitrogens with one attached hydrogen (secondary N) is 1. The van der Waals surface area contributed by atoms with E-state index < -0.39 is 18.0 Å². The number of esters is 1. The third kappa shape index (κ3) is 5.28. The molecule has 0 aliphatic carbocycles. The molecule has 1 rings (SSSR count). The van der Waals surface area contributed by atoms with Gasteiger partial charge in [0.1, 0.15) is 6.04 Å². The molecule has 0 saturated heterocycles. The van der Waals surface area contributed by atoms with Crippen molar-refractivity contribution in [3.8, 4) is 0 Å². The molecule has 0 spiro atoms. The first kappa shape index (κ1) is 15.5. The molecule has 0 unspecified atom stereocenters. The quantitative estimate of drug-likeness (QED) is 0.742. The van der Waals surface area contributed by atoms with E-state index in [1.165, 1.54) is 7.11 Å². The highest BCUT2D eigenvalue weighted by Crippen LogP contribution is 2.14. The minimum Gasteiger partial charge on any atom is -0.480 e. The lowest BCUT2D eigenvalue weighted by atomic mass is 10.1. The number of rotatable bonds is 7. The number of hydrogen-bond acceptors (Lipinski definition) is 4. The molecule has 1 atom stereocenters. The summed E-state index contributed by atoms with van der Waals surface area (Å²) < 4.78 is 4.45. The predicted molar refractivity (Wildman–Crippen MR) is 71.2 cm³/mol. The Labute approximate surface area is 116 Å². The third-order valence-corrected chi connectivity index (χ3v) is 3.01. The van der Waals surface area contributed by atoms with Gasteiger partial charge in [-0.25, -0.2) is 0 Å². The lowest BCUT2D eigenvalue weighted by molar-refractivity contribution is -0.147. The van der Waals surface area contributed by atoms with E-state index in [0.29, 0.717) is 18.0 Å². The van der Waals surface area contributed by atoms with Crippen molar-refractivity contribution in [2.24, 2.45) is 0 Å². The van der Waals surface area contributed by atoms with Gasteiger partial charge in [-0.2, -0.15) is 0 Å². The van der Waals surface area contributed by atoms with Crippen molar-refractivity contribution in [2.75, 3.05) is 13.7 Å². The van der Waals surface area contributed by atoms with Crippen LogP contribution in [0.5, 0.6) is 0 Å². The minimum absolute atomic E-state index is 0.200. The van der Waals surface area contributed by atoms with Gasteiger partial charge >= 0.3 is 11.9 Å². The number of methoxy groups -OCH3 is 1. The highest BCUT2D eigenvalue weighted by Gasteiger charge is 2.20. The maximum Gasteiger partial charge on any atom is 0.321 e. The fourth-order valence-corrected chi connectivity index (χ4v) is 1.81. The molecule has 0 aliphatic rings. The molecule has 0 radical (unpaired) electrons. The molecular formula is C13H16ClNO4. The van der Waals surface area contributed by atoms with Crippen LogP contribution in [-0.4, -0.2) is 36.7 Å². The second-order valence-corrected chi connectivity index (χ2v) is 4.37. The van der Waals surface area contributed by atoms with Crippen LogP contribution in [-0.2, 0) is 20.7 Å². The standard InChI is InChI=1S/C13H16ClNO4/c1-19-12(16)8-11(13(17)18)15-7-6-9-4-2-3-5-10(9)14/h2-5,11,15H,6-8H2,1H3,(H,17,18)/t11-/m0/s1. The zero-order valence-electron chi connectivity index (χ0n) is 10.6. The number of carbonyl (C=O) groups excluding carboxylic acids is 1. The lowest BCUT2D eigenvalue weighted by Gasteiger charge is -2.13. The summed E-state index contributed by atoms with van der Waals surface area (Å²) in [5.41, 5.74) is 0.930. The number of carboxylic acid groups (broad SMARTS) is 1. The fourth-order valence-electron chi connectivity index (χ4n) is 1.58. The SMILES string of the molecule is COC(=O)C[C@H](NCCc1ccccc1Cl)C(=O)O. The van der Waals surface area contributed by atoms with Crippen LogP contribution in [0.3, 0.4) is 0 Å². The van der Waals surface area contributed by atoms with E-state index in [4.69, 9.17) is 16.7 Å². The van der Waals surface area contributed by atoms with E-state index >= 15 is 0 Å². The Morgan fingerprint density at radius 3 is 2.68 bits per heavy atom. The van der Waals surface area contributed by atoms with Gasteiger partial charge in [-0.15, -0.1) is 0 Å². The van der Waals surface area contributed by atoms with Crippen molar-refractivity contribution in [1.29, 1.82) is 0 Å². The number of benzene rings is 1. The van der Waals surface area contributed by atoms with Crippen molar-refractivity contribution in [1.82, 2.24) is 5.32 Å². The van der Waals surface area contributed by atoms with Gasteiger partial charge in [0.15, 0.2) is 0 Å². The predicted octanol–water partition coefficient (Wildman–Crippen LogP) is 1.49. The highest BCUT2D eigenvalue weighted by molar-refractivity contribution is 6.31. The molecule has 6 heteroatoms. The van der Waals surface area contributed by atoms with Gasteiger partial charge in [-0.05, 0) is 18.1 Å². The maximum atomic E-state index is 11.1. The Hall–Kier alpha value is -1.59. The topological polar surface area (TPSA) is 75.6 Å². The third-order valence-electron chi connectivity index (χ3n) is 2.64. The largest absolute Gasteiger partial charge is 0.480 e. The number of ether oxygens (including phenoxy) is 1. The molecule has 0 aromatic heterocycles. The van der Waals surface area contributed by atoms with E-state index in [1.54, 1.807) is 6.07 Å². The molecule has 0 amide bonds. The van der Waals surface area contributed by atoms with Gasteiger partial charge in [0.2, 0.25) is 0 Å². The number of halogens is 1. The van der Waals surface area contributed by atoms with Crippen LogP contribution in [0.1, 0.15) is 12.0 Å². The summed E-state index contributed by atoms with van der Waals surface area (Å²) in [5, 5.41) is 12.4. The molecule has 0 bridgehead atoms. The van der Waals surface area contributed by atoms with Crippen molar-refractivity contribution < 1.29 is 19.4 Å². The first-order valence-corrected chi connectivity index (χ1v) is 6.18. The normalized spacial score (nSPS) is 11.9. The van der Waals surface area contributed by atoms with E-state index in [2.05, 4.69) is 10.1 Å². The van der Waals surface area contributed by atoms with Crippen LogP contribution >= 0.6 is 11.6 Å². The highest BCUT2D eigenvalue weighted by atomic mass is 35.5. The molecule has 1 aromatic carbocycles. The maximum absolute atomic E-state index is 11.1. The van der Waals surface area contributed by atoms with Crippen molar-refractivity contribution >= 4 is 23.5 Å². The van der Waals surface area contributed by atoms with E-state index in [1.807, 2.05) is 18.2 Å². The molecule has 0 heterocycles. The van der Waals surface area contributed by atoms with Crippen LogP contribution in [0.2, 0.25) is 5.02 Å². The monoisotopic (exact) mass is 285 g/mol. The van der Waals surface area contributed by atoms with Gasteiger partial charge in [0.25, 0.3) is 0 Å². The molecule has 19 heavy (non-hydrogen) atoms. The number of aliphatic carboxylic acids is 1. The van der Waals surface area contributed by atoms with Crippen LogP contribution in [0, 0.1) is 0 Å². The van der Waals surface area contributed by atoms with Crippen molar-refractivity contribution in [3.63, 3.8) is 0 Å². The summed E-state index contributed by atoms with van der Waals surface area (Å²) >= 11 is 5.99. The zero-order valence-corrected chi connectivity index (χ0v) is 11.3. The average Bonchev–Trinajstić information content (AvgIpc) is 2.39. The first-order valence-electron chi connectivity index (χ1n) is 5.81. The number of hydrogen-bond donors (Lipinski definition) is 2. The number of carbonyl (C=O) groups is 2. The summed E-state index contributed by atoms with van der Waals surface area (Å²) in [7, 11) is 1.23. The summed E-state index contributed by atoms with van der Waals surface area (Å²) in [4.78, 5) is 22.0. The molecule has 104 valence electrons. The van der Waals surface area contributed by atoms with Crippen molar-refractivity contribution in [3.05, 3.63) is 34.9 Å². The molecule has 5 nitrogen and oxygen atoms in total. The summed E-state index contributed by atoms with van der Waals surface area (Å²) in [5.74, 6) is -1.64. The van der Waals surface area contributed by atoms with Crippen molar-refractivity contribution in [2.45, 2.75) is 18.9 Å². The minimum atomic E-state index is -1.08. The molecular weight excluding hydrogens is 270 g/mol. The molecule has 0 saturated carbocycles. The van der Waals surface area contributed by atoms with Gasteiger partial charge in [-0.3, -0.25) is 9.59 Å². The van der Waals surface area contributed by atoms with Gasteiger partial charge in [-0.1, -0.05) is 29.8 Å². The Kier molecular flexibility index (Phi) is 6.32. The second-order valence-electron chi connectivity index (χ2n) is 3.97. The van der Waals surface area contributed by atoms with Gasteiger partial charge in [0.05, 0.1) is 13.5 Å². The number of carboxylic acids is 1. The van der Waals surface area contributed by atoms with Crippen LogP contribution in [0.4, 0.5) is 0 Å². The molecule has 2 N–H and O–H groups in total. The first-order chi connectivity index (χ1) is 9.04. The summed E-state index contributed by atoms with van der Waals surface area (Å²) in [6.45, 7) is 0.414. The Morgan fingerprint density at radius 1 is 1.42 bits per heavy atom. The van der Waals surface area contributed by atoms with Crippen LogP contribution < -0.4 is 5.32 Å². The van der Waals surface area contributed by atoms with E-state index in [0.717, 1.165) is 5.56 Å². The lowest BCUT2D eigenvalue weighted by Crippen LogP contribution is -2.39. The Balaban J connectivity index is 2.47. The molecule has 0 fully saturated rings. The van der Waals surface area contributed by atoms with Crippen LogP contribution in [0.15, 0.2) is 24.3 Å². The fraction of sp³-hybridized carbons (Fsp3) is 0.385. The van der Waals surface area contributed by atoms with Gasteiger partial charge in [0, 0.05) is 11.6 Å². The van der Waals surface area contributed by atoms with Crippen LogP contribution in [0.25, 0.3) is 0 Å². The molecule has 0 aliphatic heterocycles. The Morgan fingerprint density at radius 2 is 2.11 bits per heavy atom. The average molecular weight is 286 g/mol. The smallest absolute Gasteiger partial charge is 0.321 e. The molecule has 1 aromatic rings. The Bertz CT molecular complexity index is 450. The summed E-state index contributed by atoms with van der Waals surface area (Å²) in [6, 6.07) is 6.40. The van der Waals surface area contributed by atoms with Gasteiger partial charge < -0.3 is 15.2 Å². The zero-order chi connectivity index (χ0) is 14.3.